The molecule has 0 radical (unpaired) electrons. The molecule has 0 unspecified atom stereocenters. The van der Waals surface area contributed by atoms with Gasteiger partial charge in [0, 0.05) is 12.2 Å². The molecule has 1 aromatic heterocycles. The van der Waals surface area contributed by atoms with E-state index in [0.717, 1.165) is 17.5 Å². The molecule has 1 aliphatic carbocycles. The van der Waals surface area contributed by atoms with E-state index >= 15 is 0 Å². The second kappa shape index (κ2) is 9.52. The van der Waals surface area contributed by atoms with Crippen LogP contribution in [0.4, 0.5) is 28.9 Å². The minimum Gasteiger partial charge on any atom is -0.478 e. The van der Waals surface area contributed by atoms with Crippen LogP contribution in [-0.4, -0.2) is 39.9 Å². The molecule has 2 heterocycles. The summed E-state index contributed by atoms with van der Waals surface area (Å²) in [6.07, 6.45) is -0.942. The highest BCUT2D eigenvalue weighted by molar-refractivity contribution is 6.32. The Morgan fingerprint density at radius 3 is 2.60 bits per heavy atom. The van der Waals surface area contributed by atoms with E-state index in [1.54, 1.807) is 11.0 Å². The lowest BCUT2D eigenvalue weighted by Gasteiger charge is -2.27. The van der Waals surface area contributed by atoms with Crippen LogP contribution in [-0.2, 0) is 11.0 Å². The number of amides is 1. The summed E-state index contributed by atoms with van der Waals surface area (Å²) in [6.45, 7) is 1.86. The summed E-state index contributed by atoms with van der Waals surface area (Å²) in [6, 6.07) is 3.18. The third-order valence-corrected chi connectivity index (χ3v) is 6.61. The molecule has 1 saturated carbocycles. The van der Waals surface area contributed by atoms with Crippen LogP contribution in [0.5, 0.6) is 0 Å². The van der Waals surface area contributed by atoms with Crippen LogP contribution >= 0.6 is 11.6 Å². The summed E-state index contributed by atoms with van der Waals surface area (Å²) < 4.78 is 54.6. The Bertz CT molecular complexity index is 1190. The number of halogens is 5. The van der Waals surface area contributed by atoms with Crippen molar-refractivity contribution in [3.63, 3.8) is 0 Å². The zero-order chi connectivity index (χ0) is 25.5. The molecule has 7 nitrogen and oxygen atoms in total. The third kappa shape index (κ3) is 5.44. The average molecular weight is 515 g/mol. The first-order valence-electron chi connectivity index (χ1n) is 11.0. The molecule has 12 heteroatoms. The van der Waals surface area contributed by atoms with Gasteiger partial charge in [-0.05, 0) is 50.0 Å². The van der Waals surface area contributed by atoms with Crippen molar-refractivity contribution >= 4 is 34.9 Å². The number of anilines is 2. The van der Waals surface area contributed by atoms with Gasteiger partial charge in [0.25, 0.3) is 0 Å². The van der Waals surface area contributed by atoms with Crippen molar-refractivity contribution in [2.24, 2.45) is 5.92 Å². The van der Waals surface area contributed by atoms with Gasteiger partial charge in [-0.3, -0.25) is 9.48 Å². The van der Waals surface area contributed by atoms with E-state index in [1.807, 2.05) is 0 Å². The SMILES string of the molecule is Cc1c(Cl)c(C(F)(F)F)nn1[C@@H](CC1CC1)C(=O)Nc1ccc(N2CCC=C(F)C2)cc1C(=O)O. The number of carbonyl (C=O) groups is 2. The highest BCUT2D eigenvalue weighted by atomic mass is 35.5. The number of aromatic nitrogens is 2. The number of hydrogen-bond donors (Lipinski definition) is 2. The van der Waals surface area contributed by atoms with Gasteiger partial charge in [-0.25, -0.2) is 9.18 Å². The Hall–Kier alpha value is -3.08. The average Bonchev–Trinajstić information content (AvgIpc) is 3.56. The predicted octanol–water partition coefficient (Wildman–Crippen LogP) is 5.61. The number of benzene rings is 1. The third-order valence-electron chi connectivity index (χ3n) is 6.16. The molecular weight excluding hydrogens is 492 g/mol. The largest absolute Gasteiger partial charge is 0.478 e. The minimum absolute atomic E-state index is 0.00576. The van der Waals surface area contributed by atoms with Crippen LogP contribution in [0.2, 0.25) is 5.02 Å². The second-order valence-electron chi connectivity index (χ2n) is 8.77. The van der Waals surface area contributed by atoms with E-state index in [2.05, 4.69) is 10.4 Å². The van der Waals surface area contributed by atoms with Crippen LogP contribution in [0.3, 0.4) is 0 Å². The number of nitrogens with one attached hydrogen (secondary N) is 1. The molecule has 2 N–H and O–H groups in total. The standard InChI is InChI=1S/C23H23ClF4N4O3/c1-12-19(24)20(23(26,27)28)30-32(12)18(9-13-4-5-13)21(33)29-17-7-6-15(10-16(17)22(34)35)31-8-2-3-14(25)11-31/h3,6-7,10,13,18H,2,4-5,8-9,11H2,1H3,(H,29,33)(H,34,35)/t18-/m0/s1. The summed E-state index contributed by atoms with van der Waals surface area (Å²) in [5.74, 6) is -2.19. The van der Waals surface area contributed by atoms with E-state index in [9.17, 15) is 32.3 Å². The van der Waals surface area contributed by atoms with Crippen molar-refractivity contribution in [3.8, 4) is 0 Å². The van der Waals surface area contributed by atoms with E-state index < -0.39 is 34.8 Å². The molecule has 4 rings (SSSR count). The van der Waals surface area contributed by atoms with Crippen LogP contribution in [0, 0.1) is 12.8 Å². The maximum atomic E-state index is 13.7. The number of carboxylic acids is 1. The molecule has 1 aromatic carbocycles. The van der Waals surface area contributed by atoms with Gasteiger partial charge in [0.1, 0.15) is 11.9 Å². The highest BCUT2D eigenvalue weighted by Crippen LogP contribution is 2.41. The molecule has 1 atom stereocenters. The smallest absolute Gasteiger partial charge is 0.436 e. The lowest BCUT2D eigenvalue weighted by atomic mass is 10.1. The van der Waals surface area contributed by atoms with Crippen molar-refractivity contribution < 1.29 is 32.3 Å². The maximum absolute atomic E-state index is 13.7. The molecule has 2 aromatic rings. The van der Waals surface area contributed by atoms with Gasteiger partial charge in [0.05, 0.1) is 28.5 Å². The van der Waals surface area contributed by atoms with Gasteiger partial charge in [-0.1, -0.05) is 24.4 Å². The topological polar surface area (TPSA) is 87.5 Å². The molecule has 1 amide bonds. The number of carbonyl (C=O) groups excluding carboxylic acids is 1. The Kier molecular flexibility index (Phi) is 6.81. The Morgan fingerprint density at radius 1 is 1.31 bits per heavy atom. The van der Waals surface area contributed by atoms with Crippen molar-refractivity contribution in [1.29, 1.82) is 0 Å². The number of alkyl halides is 3. The van der Waals surface area contributed by atoms with Crippen LogP contribution in [0.15, 0.2) is 30.1 Å². The maximum Gasteiger partial charge on any atom is 0.436 e. The molecule has 2 aliphatic rings. The van der Waals surface area contributed by atoms with E-state index in [4.69, 9.17) is 11.6 Å². The Balaban J connectivity index is 1.63. The summed E-state index contributed by atoms with van der Waals surface area (Å²) in [5, 5.41) is 15.3. The predicted molar refractivity (Wildman–Crippen MR) is 121 cm³/mol. The second-order valence-corrected chi connectivity index (χ2v) is 9.15. The fraction of sp³-hybridized carbons (Fsp3) is 0.435. The molecule has 1 fully saturated rings. The zero-order valence-electron chi connectivity index (χ0n) is 18.7. The highest BCUT2D eigenvalue weighted by Gasteiger charge is 2.41. The van der Waals surface area contributed by atoms with Crippen molar-refractivity contribution in [1.82, 2.24) is 9.78 Å². The number of nitrogens with zero attached hydrogens (tertiary/aromatic N) is 3. The van der Waals surface area contributed by atoms with Crippen LogP contribution in [0.1, 0.15) is 53.5 Å². The Morgan fingerprint density at radius 2 is 2.03 bits per heavy atom. The lowest BCUT2D eigenvalue weighted by molar-refractivity contribution is -0.141. The normalized spacial score (nSPS) is 17.2. The van der Waals surface area contributed by atoms with Gasteiger partial charge in [0.2, 0.25) is 5.91 Å². The van der Waals surface area contributed by atoms with Gasteiger partial charge < -0.3 is 15.3 Å². The quantitative estimate of drug-likeness (QED) is 0.469. The van der Waals surface area contributed by atoms with Crippen molar-refractivity contribution in [2.45, 2.75) is 44.8 Å². The first-order chi connectivity index (χ1) is 16.5. The number of hydrogen-bond acceptors (Lipinski definition) is 4. The number of aromatic carboxylic acids is 1. The van der Waals surface area contributed by atoms with Gasteiger partial charge in [-0.15, -0.1) is 0 Å². The Labute approximate surface area is 203 Å². The monoisotopic (exact) mass is 514 g/mol. The molecular formula is C23H23ClF4N4O3. The fourth-order valence-corrected chi connectivity index (χ4v) is 4.36. The van der Waals surface area contributed by atoms with Gasteiger partial charge >= 0.3 is 12.1 Å². The van der Waals surface area contributed by atoms with E-state index in [0.29, 0.717) is 18.7 Å². The molecule has 0 spiro atoms. The van der Waals surface area contributed by atoms with Crippen LogP contribution < -0.4 is 10.2 Å². The van der Waals surface area contributed by atoms with Crippen LogP contribution in [0.25, 0.3) is 0 Å². The first kappa shape index (κ1) is 25.0. The first-order valence-corrected chi connectivity index (χ1v) is 11.4. The lowest BCUT2D eigenvalue weighted by Crippen LogP contribution is -2.30. The number of rotatable bonds is 7. The molecule has 1 aliphatic heterocycles. The minimum atomic E-state index is -4.79. The summed E-state index contributed by atoms with van der Waals surface area (Å²) in [5.41, 5.74) is -1.05. The zero-order valence-corrected chi connectivity index (χ0v) is 19.5. The molecule has 35 heavy (non-hydrogen) atoms. The summed E-state index contributed by atoms with van der Waals surface area (Å²) >= 11 is 5.88. The number of carboxylic acid groups (broad SMARTS) is 1. The van der Waals surface area contributed by atoms with Gasteiger partial charge in [-0.2, -0.15) is 18.3 Å². The van der Waals surface area contributed by atoms with E-state index in [1.165, 1.54) is 25.1 Å². The molecule has 0 bridgehead atoms. The molecule has 0 saturated heterocycles. The van der Waals surface area contributed by atoms with Gasteiger partial charge in [0.15, 0.2) is 5.69 Å². The summed E-state index contributed by atoms with van der Waals surface area (Å²) in [4.78, 5) is 26.9. The van der Waals surface area contributed by atoms with E-state index in [-0.39, 0.29) is 41.7 Å². The van der Waals surface area contributed by atoms with Crippen molar-refractivity contribution in [3.05, 3.63) is 52.1 Å². The fourth-order valence-electron chi connectivity index (χ4n) is 4.12. The summed E-state index contributed by atoms with van der Waals surface area (Å²) in [7, 11) is 0. The molecule has 188 valence electrons. The van der Waals surface area contributed by atoms with Crippen molar-refractivity contribution in [2.75, 3.05) is 23.3 Å².